The summed E-state index contributed by atoms with van der Waals surface area (Å²) in [6.45, 7) is 1.63. The standard InChI is InChI=1S/C18H16ClF3N4O2S/c1-10-15(29-14(24-10)9-28-13-5-3-12(19)4-6-13)17(27)25-16(18(20,21)22)11-7-23-26(2)8-11/h3-8,16H,9H2,1-2H3,(H,25,27)/t16-/m1/s1. The molecule has 2 aromatic heterocycles. The first-order chi connectivity index (χ1) is 13.6. The summed E-state index contributed by atoms with van der Waals surface area (Å²) in [5, 5.41) is 6.81. The zero-order valence-electron chi connectivity index (χ0n) is 15.3. The van der Waals surface area contributed by atoms with E-state index in [0.717, 1.165) is 17.5 Å². The van der Waals surface area contributed by atoms with Crippen LogP contribution in [0, 0.1) is 6.92 Å². The summed E-state index contributed by atoms with van der Waals surface area (Å²) in [4.78, 5) is 16.8. The topological polar surface area (TPSA) is 69.0 Å². The number of carbonyl (C=O) groups is 1. The summed E-state index contributed by atoms with van der Waals surface area (Å²) in [6, 6.07) is 4.52. The van der Waals surface area contributed by atoms with Crippen molar-refractivity contribution in [2.45, 2.75) is 25.7 Å². The van der Waals surface area contributed by atoms with Gasteiger partial charge in [-0.1, -0.05) is 11.6 Å². The quantitative estimate of drug-likeness (QED) is 0.610. The lowest BCUT2D eigenvalue weighted by Gasteiger charge is -2.20. The van der Waals surface area contributed by atoms with Crippen LogP contribution in [0.3, 0.4) is 0 Å². The minimum Gasteiger partial charge on any atom is -0.486 e. The summed E-state index contributed by atoms with van der Waals surface area (Å²) >= 11 is 6.79. The second-order valence-electron chi connectivity index (χ2n) is 6.16. The predicted molar refractivity (Wildman–Crippen MR) is 102 cm³/mol. The van der Waals surface area contributed by atoms with Crippen LogP contribution in [0.25, 0.3) is 0 Å². The van der Waals surface area contributed by atoms with Gasteiger partial charge in [-0.25, -0.2) is 4.98 Å². The Kier molecular flexibility index (Phi) is 6.13. The minimum absolute atomic E-state index is 0.0751. The van der Waals surface area contributed by atoms with Crippen LogP contribution in [0.15, 0.2) is 36.7 Å². The first-order valence-corrected chi connectivity index (χ1v) is 9.53. The molecule has 1 N–H and O–H groups in total. The molecule has 154 valence electrons. The molecule has 29 heavy (non-hydrogen) atoms. The van der Waals surface area contributed by atoms with E-state index in [1.165, 1.54) is 17.9 Å². The lowest BCUT2D eigenvalue weighted by atomic mass is 10.1. The molecular weight excluding hydrogens is 429 g/mol. The lowest BCUT2D eigenvalue weighted by molar-refractivity contribution is -0.155. The number of alkyl halides is 3. The van der Waals surface area contributed by atoms with Crippen molar-refractivity contribution in [1.29, 1.82) is 0 Å². The average molecular weight is 445 g/mol. The highest BCUT2D eigenvalue weighted by Crippen LogP contribution is 2.33. The molecule has 0 saturated heterocycles. The Morgan fingerprint density at radius 1 is 1.34 bits per heavy atom. The second-order valence-corrected chi connectivity index (χ2v) is 7.68. The van der Waals surface area contributed by atoms with Gasteiger partial charge in [-0.3, -0.25) is 9.48 Å². The zero-order valence-corrected chi connectivity index (χ0v) is 16.9. The number of carbonyl (C=O) groups excluding carboxylic acids is 1. The van der Waals surface area contributed by atoms with Crippen LogP contribution >= 0.6 is 22.9 Å². The number of hydrogen-bond acceptors (Lipinski definition) is 5. The number of ether oxygens (including phenoxy) is 1. The van der Waals surface area contributed by atoms with E-state index in [4.69, 9.17) is 16.3 Å². The van der Waals surface area contributed by atoms with Crippen molar-refractivity contribution < 1.29 is 22.7 Å². The first kappa shape index (κ1) is 21.1. The number of thiazole rings is 1. The van der Waals surface area contributed by atoms with Crippen LogP contribution in [-0.2, 0) is 13.7 Å². The summed E-state index contributed by atoms with van der Waals surface area (Å²) in [5.41, 5.74) is 0.177. The maximum absolute atomic E-state index is 13.4. The van der Waals surface area contributed by atoms with Gasteiger partial charge in [0.25, 0.3) is 5.91 Å². The van der Waals surface area contributed by atoms with Gasteiger partial charge in [0.15, 0.2) is 6.04 Å². The van der Waals surface area contributed by atoms with Crippen molar-refractivity contribution in [2.75, 3.05) is 0 Å². The summed E-state index contributed by atoms with van der Waals surface area (Å²) < 4.78 is 47.1. The molecule has 0 spiro atoms. The van der Waals surface area contributed by atoms with E-state index in [-0.39, 0.29) is 17.0 Å². The van der Waals surface area contributed by atoms with E-state index in [1.54, 1.807) is 31.2 Å². The third-order valence-corrected chi connectivity index (χ3v) is 5.27. The van der Waals surface area contributed by atoms with Gasteiger partial charge >= 0.3 is 6.18 Å². The molecule has 0 saturated carbocycles. The Morgan fingerprint density at radius 3 is 2.62 bits per heavy atom. The smallest absolute Gasteiger partial charge is 0.413 e. The zero-order chi connectivity index (χ0) is 21.2. The lowest BCUT2D eigenvalue weighted by Crippen LogP contribution is -2.37. The number of aryl methyl sites for hydroxylation is 2. The van der Waals surface area contributed by atoms with Gasteiger partial charge in [-0.15, -0.1) is 11.3 Å². The fraction of sp³-hybridized carbons (Fsp3) is 0.278. The van der Waals surface area contributed by atoms with Crippen molar-refractivity contribution in [2.24, 2.45) is 7.05 Å². The number of halogens is 4. The van der Waals surface area contributed by atoms with Gasteiger partial charge in [0.1, 0.15) is 22.2 Å². The van der Waals surface area contributed by atoms with Crippen LogP contribution in [0.5, 0.6) is 5.75 Å². The van der Waals surface area contributed by atoms with Crippen LogP contribution in [0.2, 0.25) is 5.02 Å². The van der Waals surface area contributed by atoms with E-state index in [2.05, 4.69) is 10.1 Å². The Hall–Kier alpha value is -2.59. The highest BCUT2D eigenvalue weighted by Gasteiger charge is 2.43. The van der Waals surface area contributed by atoms with Gasteiger partial charge < -0.3 is 10.1 Å². The molecule has 0 bridgehead atoms. The van der Waals surface area contributed by atoms with Crippen molar-refractivity contribution in [3.05, 3.63) is 62.8 Å². The number of amides is 1. The third kappa shape index (κ3) is 5.27. The minimum atomic E-state index is -4.67. The Morgan fingerprint density at radius 2 is 2.03 bits per heavy atom. The second kappa shape index (κ2) is 8.42. The third-order valence-electron chi connectivity index (χ3n) is 3.88. The molecule has 3 rings (SSSR count). The van der Waals surface area contributed by atoms with Gasteiger partial charge in [0.05, 0.1) is 11.9 Å². The number of benzene rings is 1. The van der Waals surface area contributed by atoms with Gasteiger partial charge in [-0.05, 0) is 31.2 Å². The van der Waals surface area contributed by atoms with Crippen LogP contribution in [0.4, 0.5) is 13.2 Å². The monoisotopic (exact) mass is 444 g/mol. The molecule has 0 aliphatic carbocycles. The van der Waals surface area contributed by atoms with Crippen LogP contribution in [0.1, 0.15) is 32.0 Å². The molecule has 11 heteroatoms. The molecule has 0 unspecified atom stereocenters. The number of hydrogen-bond donors (Lipinski definition) is 1. The van der Waals surface area contributed by atoms with Crippen molar-refractivity contribution >= 4 is 28.8 Å². The maximum atomic E-state index is 13.4. The van der Waals surface area contributed by atoms with E-state index < -0.39 is 18.1 Å². The van der Waals surface area contributed by atoms with E-state index in [9.17, 15) is 18.0 Å². The van der Waals surface area contributed by atoms with E-state index >= 15 is 0 Å². The Bertz CT molecular complexity index is 1000. The largest absolute Gasteiger partial charge is 0.486 e. The normalized spacial score (nSPS) is 12.6. The molecule has 0 aliphatic heterocycles. The average Bonchev–Trinajstić information content (AvgIpc) is 3.23. The van der Waals surface area contributed by atoms with Crippen molar-refractivity contribution in [3.8, 4) is 5.75 Å². The van der Waals surface area contributed by atoms with E-state index in [0.29, 0.717) is 21.5 Å². The molecule has 1 amide bonds. The van der Waals surface area contributed by atoms with Crippen LogP contribution in [-0.4, -0.2) is 26.8 Å². The number of aromatic nitrogens is 3. The molecule has 1 atom stereocenters. The van der Waals surface area contributed by atoms with Gasteiger partial charge in [-0.2, -0.15) is 18.3 Å². The van der Waals surface area contributed by atoms with Gasteiger partial charge in [0.2, 0.25) is 0 Å². The fourth-order valence-electron chi connectivity index (χ4n) is 2.54. The number of nitrogens with one attached hydrogen (secondary N) is 1. The van der Waals surface area contributed by atoms with E-state index in [1.807, 2.05) is 5.32 Å². The summed E-state index contributed by atoms with van der Waals surface area (Å²) in [6.07, 6.45) is -2.38. The SMILES string of the molecule is Cc1nc(COc2ccc(Cl)cc2)sc1C(=O)N[C@H](c1cnn(C)c1)C(F)(F)F. The molecule has 0 fully saturated rings. The maximum Gasteiger partial charge on any atom is 0.413 e. The molecule has 0 aliphatic rings. The fourth-order valence-corrected chi connectivity index (χ4v) is 3.55. The molecule has 6 nitrogen and oxygen atoms in total. The van der Waals surface area contributed by atoms with Crippen molar-refractivity contribution in [1.82, 2.24) is 20.1 Å². The predicted octanol–water partition coefficient (Wildman–Crippen LogP) is 4.45. The van der Waals surface area contributed by atoms with Gasteiger partial charge in [0, 0.05) is 23.8 Å². The first-order valence-electron chi connectivity index (χ1n) is 8.34. The highest BCUT2D eigenvalue weighted by molar-refractivity contribution is 7.13. The number of rotatable bonds is 6. The van der Waals surface area contributed by atoms with Crippen molar-refractivity contribution in [3.63, 3.8) is 0 Å². The summed E-state index contributed by atoms with van der Waals surface area (Å²) in [5.74, 6) is -0.300. The molecule has 0 radical (unpaired) electrons. The number of nitrogens with zero attached hydrogens (tertiary/aromatic N) is 3. The molecule has 1 aromatic carbocycles. The Balaban J connectivity index is 1.72. The molecular formula is C18H16ClF3N4O2S. The Labute approximate surface area is 173 Å². The highest BCUT2D eigenvalue weighted by atomic mass is 35.5. The molecule has 2 heterocycles. The molecule has 3 aromatic rings. The summed E-state index contributed by atoms with van der Waals surface area (Å²) in [7, 11) is 1.50. The van der Waals surface area contributed by atoms with Crippen LogP contribution < -0.4 is 10.1 Å².